The van der Waals surface area contributed by atoms with Crippen molar-refractivity contribution in [1.29, 1.82) is 0 Å². The monoisotopic (exact) mass is 491 g/mol. The van der Waals surface area contributed by atoms with E-state index < -0.39 is 33.8 Å². The third kappa shape index (κ3) is 4.82. The summed E-state index contributed by atoms with van der Waals surface area (Å²) >= 11 is 0. The summed E-state index contributed by atoms with van der Waals surface area (Å²) in [5.41, 5.74) is -0.617. The molecular weight excluding hydrogens is 465 g/mol. The van der Waals surface area contributed by atoms with Gasteiger partial charge in [0.2, 0.25) is 10.0 Å². The number of aromatic nitrogens is 3. The maximum absolute atomic E-state index is 13.4. The second-order valence-electron chi connectivity index (χ2n) is 8.96. The van der Waals surface area contributed by atoms with Crippen LogP contribution < -0.4 is 10.6 Å². The third-order valence-corrected chi connectivity index (χ3v) is 7.24. The van der Waals surface area contributed by atoms with E-state index in [4.69, 9.17) is 4.74 Å². The van der Waals surface area contributed by atoms with E-state index >= 15 is 0 Å². The fourth-order valence-electron chi connectivity index (χ4n) is 3.79. The van der Waals surface area contributed by atoms with Crippen molar-refractivity contribution >= 4 is 27.3 Å². The van der Waals surface area contributed by atoms with E-state index in [2.05, 4.69) is 5.10 Å². The van der Waals surface area contributed by atoms with Gasteiger partial charge in [0.05, 0.1) is 0 Å². The van der Waals surface area contributed by atoms with Crippen molar-refractivity contribution in [3.05, 3.63) is 58.9 Å². The molecule has 1 fully saturated rings. The van der Waals surface area contributed by atoms with Crippen LogP contribution in [0.3, 0.4) is 0 Å². The Labute approximate surface area is 196 Å². The second kappa shape index (κ2) is 8.84. The molecule has 0 amide bonds. The maximum Gasteiger partial charge on any atom is 0.350 e. The Hall–Kier alpha value is -3.25. The molecule has 182 valence electrons. The number of carbonyl (C=O) groups is 1. The number of piperazine rings is 1. The molecule has 0 N–H and O–H groups in total. The smallest absolute Gasteiger partial charge is 0.350 e. The average molecular weight is 492 g/mol. The number of hydrogen-bond acceptors (Lipinski definition) is 7. The van der Waals surface area contributed by atoms with Gasteiger partial charge in [0.1, 0.15) is 22.9 Å². The van der Waals surface area contributed by atoms with Gasteiger partial charge in [-0.1, -0.05) is 0 Å². The Bertz CT molecular complexity index is 1370. The zero-order valence-corrected chi connectivity index (χ0v) is 20.0. The van der Waals surface area contributed by atoms with Crippen molar-refractivity contribution in [3.63, 3.8) is 0 Å². The van der Waals surface area contributed by atoms with E-state index in [9.17, 15) is 22.4 Å². The predicted octanol–water partition coefficient (Wildman–Crippen LogP) is 1.49. The Morgan fingerprint density at radius 2 is 1.74 bits per heavy atom. The molecule has 1 aliphatic heterocycles. The first-order valence-electron chi connectivity index (χ1n) is 10.8. The van der Waals surface area contributed by atoms with Crippen molar-refractivity contribution in [1.82, 2.24) is 18.5 Å². The topological polar surface area (TPSA) is 106 Å². The lowest BCUT2D eigenvalue weighted by Crippen LogP contribution is -2.48. The van der Waals surface area contributed by atoms with Crippen molar-refractivity contribution in [2.45, 2.75) is 37.8 Å². The molecule has 1 saturated heterocycles. The largest absolute Gasteiger partial charge is 0.459 e. The molecule has 0 atom stereocenters. The summed E-state index contributed by atoms with van der Waals surface area (Å²) in [4.78, 5) is 26.8. The highest BCUT2D eigenvalue weighted by molar-refractivity contribution is 7.89. The fourth-order valence-corrected chi connectivity index (χ4v) is 5.33. The predicted molar refractivity (Wildman–Crippen MR) is 123 cm³/mol. The van der Waals surface area contributed by atoms with Gasteiger partial charge in [-0.05, 0) is 57.2 Å². The van der Waals surface area contributed by atoms with E-state index in [-0.39, 0.29) is 29.4 Å². The van der Waals surface area contributed by atoms with Gasteiger partial charge in [0, 0.05) is 38.1 Å². The van der Waals surface area contributed by atoms with Crippen LogP contribution in [-0.4, -0.2) is 64.7 Å². The van der Waals surface area contributed by atoms with Crippen LogP contribution in [-0.2, 0) is 26.1 Å². The van der Waals surface area contributed by atoms with Crippen molar-refractivity contribution in [2.24, 2.45) is 0 Å². The summed E-state index contributed by atoms with van der Waals surface area (Å²) in [6.07, 6.45) is 1.40. The molecule has 3 aromatic rings. The minimum atomic E-state index is -3.97. The number of fused-ring (bicyclic) bond motifs is 1. The number of nitrogens with zero attached hydrogens (tertiary/aromatic N) is 5. The van der Waals surface area contributed by atoms with Crippen LogP contribution in [0.4, 0.5) is 10.1 Å². The molecule has 0 aliphatic carbocycles. The first-order valence-corrected chi connectivity index (χ1v) is 12.2. The lowest BCUT2D eigenvalue weighted by atomic mass is 10.2. The minimum absolute atomic E-state index is 0.0583. The number of ether oxygens (including phenoxy) is 1. The summed E-state index contributed by atoms with van der Waals surface area (Å²) in [5, 5.41) is 4.13. The Morgan fingerprint density at radius 3 is 2.35 bits per heavy atom. The van der Waals surface area contributed by atoms with E-state index in [0.29, 0.717) is 13.1 Å². The molecule has 4 rings (SSSR count). The van der Waals surface area contributed by atoms with Crippen LogP contribution in [0.2, 0.25) is 0 Å². The van der Waals surface area contributed by atoms with Crippen LogP contribution in [0.15, 0.2) is 52.3 Å². The van der Waals surface area contributed by atoms with Gasteiger partial charge in [0.15, 0.2) is 5.65 Å². The molecule has 1 aromatic carbocycles. The molecule has 0 bridgehead atoms. The maximum atomic E-state index is 13.4. The number of benzene rings is 1. The van der Waals surface area contributed by atoms with Crippen molar-refractivity contribution in [2.75, 3.05) is 31.1 Å². The molecule has 0 spiro atoms. The summed E-state index contributed by atoms with van der Waals surface area (Å²) < 4.78 is 48.6. The van der Waals surface area contributed by atoms with E-state index in [0.717, 1.165) is 14.8 Å². The Kier molecular flexibility index (Phi) is 6.21. The molecular formula is C22H26FN5O5S. The van der Waals surface area contributed by atoms with Crippen LogP contribution in [0.5, 0.6) is 0 Å². The zero-order chi connectivity index (χ0) is 24.7. The molecule has 34 heavy (non-hydrogen) atoms. The molecule has 0 radical (unpaired) electrons. The normalized spacial score (nSPS) is 15.6. The van der Waals surface area contributed by atoms with E-state index in [1.54, 1.807) is 32.9 Å². The Balaban J connectivity index is 1.57. The van der Waals surface area contributed by atoms with Gasteiger partial charge >= 0.3 is 11.7 Å². The lowest BCUT2D eigenvalue weighted by molar-refractivity contribution is -0.155. The van der Waals surface area contributed by atoms with Crippen molar-refractivity contribution in [3.8, 4) is 0 Å². The first-order chi connectivity index (χ1) is 16.0. The van der Waals surface area contributed by atoms with Gasteiger partial charge in [-0.3, -0.25) is 4.79 Å². The molecule has 1 aliphatic rings. The quantitative estimate of drug-likeness (QED) is 0.498. The molecule has 2 aromatic heterocycles. The number of pyridine rings is 1. The molecule has 0 saturated carbocycles. The van der Waals surface area contributed by atoms with Crippen molar-refractivity contribution < 1.29 is 22.3 Å². The third-order valence-electron chi connectivity index (χ3n) is 5.32. The molecule has 3 heterocycles. The molecule has 12 heteroatoms. The highest BCUT2D eigenvalue weighted by atomic mass is 32.2. The second-order valence-corrected chi connectivity index (χ2v) is 10.9. The summed E-state index contributed by atoms with van der Waals surface area (Å²) in [6.45, 7) is 5.95. The highest BCUT2D eigenvalue weighted by Crippen LogP contribution is 2.23. The van der Waals surface area contributed by atoms with Gasteiger partial charge < -0.3 is 9.64 Å². The van der Waals surface area contributed by atoms with E-state index in [1.807, 2.05) is 4.90 Å². The van der Waals surface area contributed by atoms with Gasteiger partial charge in [-0.2, -0.15) is 4.31 Å². The van der Waals surface area contributed by atoms with Gasteiger partial charge in [-0.25, -0.2) is 26.7 Å². The van der Waals surface area contributed by atoms with E-state index in [1.165, 1.54) is 34.8 Å². The number of esters is 1. The van der Waals surface area contributed by atoms with Crippen LogP contribution in [0.25, 0.3) is 5.65 Å². The van der Waals surface area contributed by atoms with Gasteiger partial charge in [-0.15, -0.1) is 5.10 Å². The highest BCUT2D eigenvalue weighted by Gasteiger charge is 2.31. The number of anilines is 1. The number of rotatable bonds is 5. The standard InChI is InChI=1S/C22H26FN5O5S/c1-22(2,3)33-19(29)15-28-21(30)27-10-4-5-18(20(27)24-28)34(31,32)26-13-11-25(12-14-26)17-8-6-16(23)7-9-17/h4-10H,11-15H2,1-3H3. The lowest BCUT2D eigenvalue weighted by Gasteiger charge is -2.35. The zero-order valence-electron chi connectivity index (χ0n) is 19.1. The summed E-state index contributed by atoms with van der Waals surface area (Å²) in [7, 11) is -3.97. The minimum Gasteiger partial charge on any atom is -0.459 e. The first kappa shape index (κ1) is 23.9. The fraction of sp³-hybridized carbons (Fsp3) is 0.409. The van der Waals surface area contributed by atoms with Crippen LogP contribution in [0, 0.1) is 5.82 Å². The average Bonchev–Trinajstić information content (AvgIpc) is 3.08. The number of sulfonamides is 1. The number of carbonyl (C=O) groups excluding carboxylic acids is 1. The SMILES string of the molecule is CC(C)(C)OC(=O)Cn1nc2c(S(=O)(=O)N3CCN(c4ccc(F)cc4)CC3)cccn2c1=O. The Morgan fingerprint density at radius 1 is 1.09 bits per heavy atom. The summed E-state index contributed by atoms with van der Waals surface area (Å²) in [6, 6.07) is 8.89. The van der Waals surface area contributed by atoms with Crippen LogP contribution in [0.1, 0.15) is 20.8 Å². The molecule has 10 nitrogen and oxygen atoms in total. The van der Waals surface area contributed by atoms with Gasteiger partial charge in [0.25, 0.3) is 0 Å². The number of hydrogen-bond donors (Lipinski definition) is 0. The number of halogens is 1. The summed E-state index contributed by atoms with van der Waals surface area (Å²) in [5.74, 6) is -0.987. The molecule has 0 unspecified atom stereocenters. The van der Waals surface area contributed by atoms with Crippen LogP contribution >= 0.6 is 0 Å².